The van der Waals surface area contributed by atoms with Crippen molar-refractivity contribution in [1.29, 1.82) is 0 Å². The van der Waals surface area contributed by atoms with Crippen molar-refractivity contribution >= 4 is 39.1 Å². The van der Waals surface area contributed by atoms with Gasteiger partial charge in [0.1, 0.15) is 23.5 Å². The van der Waals surface area contributed by atoms with Crippen LogP contribution in [-0.4, -0.2) is 44.7 Å². The van der Waals surface area contributed by atoms with Gasteiger partial charge in [-0.15, -0.1) is 0 Å². The van der Waals surface area contributed by atoms with E-state index in [0.29, 0.717) is 10.8 Å². The average Bonchev–Trinajstić information content (AvgIpc) is 3.50. The third-order valence-electron chi connectivity index (χ3n) is 4.15. The Morgan fingerprint density at radius 1 is 1.21 bits per heavy atom. The number of nitrogens with one attached hydrogen (secondary N) is 2. The van der Waals surface area contributed by atoms with E-state index in [1.807, 2.05) is 0 Å². The zero-order valence-electron chi connectivity index (χ0n) is 15.3. The number of rotatable bonds is 9. The van der Waals surface area contributed by atoms with E-state index in [1.54, 1.807) is 18.2 Å². The van der Waals surface area contributed by atoms with Gasteiger partial charge in [0, 0.05) is 18.2 Å². The van der Waals surface area contributed by atoms with Crippen molar-refractivity contribution in [2.24, 2.45) is 0 Å². The first-order chi connectivity index (χ1) is 13.8. The Hall–Kier alpha value is -1.84. The number of hydrogen-bond acceptors (Lipinski definition) is 5. The highest BCUT2D eigenvalue weighted by Crippen LogP contribution is 2.31. The van der Waals surface area contributed by atoms with E-state index in [9.17, 15) is 18.3 Å². The first-order valence-corrected chi connectivity index (χ1v) is 11.2. The molecular formula is C19H20Cl2N2O5S. The van der Waals surface area contributed by atoms with Gasteiger partial charge >= 0.3 is 0 Å². The molecule has 0 saturated heterocycles. The number of ether oxygens (including phenoxy) is 1. The maximum Gasteiger partial charge on any atom is 0.251 e. The van der Waals surface area contributed by atoms with Gasteiger partial charge in [-0.05, 0) is 43.2 Å². The van der Waals surface area contributed by atoms with E-state index in [4.69, 9.17) is 27.9 Å². The number of aliphatic hydroxyl groups excluding tert-OH is 1. The SMILES string of the molecule is O=C(NCC(O)COc1cccc(Cl)c1Cl)c1cccc(S(=O)(=O)NC2CC2)c1. The molecule has 0 spiro atoms. The summed E-state index contributed by atoms with van der Waals surface area (Å²) < 4.78 is 32.5. The number of sulfonamides is 1. The lowest BCUT2D eigenvalue weighted by atomic mass is 10.2. The normalized spacial score (nSPS) is 15.0. The van der Waals surface area contributed by atoms with Crippen molar-refractivity contribution in [1.82, 2.24) is 10.0 Å². The lowest BCUT2D eigenvalue weighted by Crippen LogP contribution is -2.35. The molecule has 1 unspecified atom stereocenters. The molecule has 2 aromatic carbocycles. The van der Waals surface area contributed by atoms with Gasteiger partial charge in [0.25, 0.3) is 5.91 Å². The van der Waals surface area contributed by atoms with Crippen LogP contribution < -0.4 is 14.8 Å². The number of amides is 1. The Kier molecular flexibility index (Phi) is 7.02. The lowest BCUT2D eigenvalue weighted by Gasteiger charge is -2.14. The molecule has 0 radical (unpaired) electrons. The summed E-state index contributed by atoms with van der Waals surface area (Å²) in [5, 5.41) is 13.2. The summed E-state index contributed by atoms with van der Waals surface area (Å²) >= 11 is 11.9. The second-order valence-electron chi connectivity index (χ2n) is 6.65. The summed E-state index contributed by atoms with van der Waals surface area (Å²) in [4.78, 5) is 12.3. The fraction of sp³-hybridized carbons (Fsp3) is 0.316. The van der Waals surface area contributed by atoms with E-state index in [1.165, 1.54) is 24.3 Å². The van der Waals surface area contributed by atoms with Crippen LogP contribution in [0.5, 0.6) is 5.75 Å². The molecule has 0 aromatic heterocycles. The minimum atomic E-state index is -3.65. The summed E-state index contributed by atoms with van der Waals surface area (Å²) in [5.41, 5.74) is 0.176. The highest BCUT2D eigenvalue weighted by Gasteiger charge is 2.28. The Labute approximate surface area is 179 Å². The number of halogens is 2. The van der Waals surface area contributed by atoms with Crippen LogP contribution in [0.25, 0.3) is 0 Å². The van der Waals surface area contributed by atoms with Crippen LogP contribution >= 0.6 is 23.2 Å². The summed E-state index contributed by atoms with van der Waals surface area (Å²) in [6.45, 7) is -0.200. The average molecular weight is 459 g/mol. The molecule has 7 nitrogen and oxygen atoms in total. The van der Waals surface area contributed by atoms with Gasteiger partial charge < -0.3 is 15.2 Å². The Bertz CT molecular complexity index is 996. The number of carbonyl (C=O) groups is 1. The molecule has 1 aliphatic carbocycles. The summed E-state index contributed by atoms with van der Waals surface area (Å²) in [7, 11) is -3.65. The van der Waals surface area contributed by atoms with Crippen LogP contribution in [0, 0.1) is 0 Å². The van der Waals surface area contributed by atoms with Crippen LogP contribution in [0.4, 0.5) is 0 Å². The predicted molar refractivity (Wildman–Crippen MR) is 110 cm³/mol. The van der Waals surface area contributed by atoms with Crippen molar-refractivity contribution in [3.05, 3.63) is 58.1 Å². The van der Waals surface area contributed by atoms with Crippen molar-refractivity contribution < 1.29 is 23.1 Å². The minimum Gasteiger partial charge on any atom is -0.489 e. The molecule has 1 fully saturated rings. The molecule has 10 heteroatoms. The van der Waals surface area contributed by atoms with Crippen LogP contribution in [0.2, 0.25) is 10.0 Å². The molecule has 0 aliphatic heterocycles. The number of carbonyl (C=O) groups excluding carboxylic acids is 1. The van der Waals surface area contributed by atoms with E-state index >= 15 is 0 Å². The maximum absolute atomic E-state index is 12.3. The monoisotopic (exact) mass is 458 g/mol. The van der Waals surface area contributed by atoms with Gasteiger partial charge in [0.2, 0.25) is 10.0 Å². The molecule has 29 heavy (non-hydrogen) atoms. The smallest absolute Gasteiger partial charge is 0.251 e. The molecule has 1 saturated carbocycles. The van der Waals surface area contributed by atoms with E-state index in [-0.39, 0.29) is 34.7 Å². The fourth-order valence-corrected chi connectivity index (χ4v) is 4.14. The van der Waals surface area contributed by atoms with Gasteiger partial charge in [0.05, 0.1) is 9.92 Å². The van der Waals surface area contributed by atoms with Crippen molar-refractivity contribution in [2.75, 3.05) is 13.2 Å². The number of benzene rings is 2. The molecule has 3 rings (SSSR count). The second kappa shape index (κ2) is 9.32. The van der Waals surface area contributed by atoms with Gasteiger partial charge in [0.15, 0.2) is 0 Å². The zero-order chi connectivity index (χ0) is 21.0. The van der Waals surface area contributed by atoms with Crippen molar-refractivity contribution in [3.8, 4) is 5.75 Å². The molecule has 1 atom stereocenters. The Balaban J connectivity index is 1.53. The quantitative estimate of drug-likeness (QED) is 0.535. The first kappa shape index (κ1) is 21.9. The maximum atomic E-state index is 12.3. The third-order valence-corrected chi connectivity index (χ3v) is 6.47. The van der Waals surface area contributed by atoms with Crippen LogP contribution in [0.1, 0.15) is 23.2 Å². The predicted octanol–water partition coefficient (Wildman–Crippen LogP) is 2.60. The third kappa shape index (κ3) is 6.07. The minimum absolute atomic E-state index is 0.0246. The standard InChI is InChI=1S/C19H20Cl2N2O5S/c20-16-5-2-6-17(18(16)21)28-11-14(24)10-22-19(25)12-3-1-4-15(9-12)29(26,27)23-13-7-8-13/h1-6,9,13-14,23-24H,7-8,10-11H2,(H,22,25). The van der Waals surface area contributed by atoms with Gasteiger partial charge in [-0.2, -0.15) is 0 Å². The van der Waals surface area contributed by atoms with Crippen LogP contribution in [0.15, 0.2) is 47.4 Å². The molecular weight excluding hydrogens is 439 g/mol. The van der Waals surface area contributed by atoms with Crippen LogP contribution in [0.3, 0.4) is 0 Å². The van der Waals surface area contributed by atoms with Gasteiger partial charge in [-0.1, -0.05) is 35.3 Å². The highest BCUT2D eigenvalue weighted by molar-refractivity contribution is 7.89. The number of aliphatic hydroxyl groups is 1. The van der Waals surface area contributed by atoms with E-state index in [2.05, 4.69) is 10.0 Å². The zero-order valence-corrected chi connectivity index (χ0v) is 17.6. The second-order valence-corrected chi connectivity index (χ2v) is 9.15. The Morgan fingerprint density at radius 2 is 1.93 bits per heavy atom. The van der Waals surface area contributed by atoms with E-state index < -0.39 is 22.0 Å². The van der Waals surface area contributed by atoms with Gasteiger partial charge in [-0.25, -0.2) is 13.1 Å². The highest BCUT2D eigenvalue weighted by atomic mass is 35.5. The largest absolute Gasteiger partial charge is 0.489 e. The Morgan fingerprint density at radius 3 is 2.66 bits per heavy atom. The molecule has 0 bridgehead atoms. The fourth-order valence-electron chi connectivity index (χ4n) is 2.45. The van der Waals surface area contributed by atoms with Crippen molar-refractivity contribution in [2.45, 2.75) is 29.9 Å². The molecule has 3 N–H and O–H groups in total. The summed E-state index contributed by atoms with van der Waals surface area (Å²) in [6.07, 6.45) is 0.636. The lowest BCUT2D eigenvalue weighted by molar-refractivity contribution is 0.0843. The number of hydrogen-bond donors (Lipinski definition) is 3. The molecule has 156 valence electrons. The molecule has 2 aromatic rings. The molecule has 1 amide bonds. The summed E-state index contributed by atoms with van der Waals surface area (Å²) in [5.74, 6) is -0.182. The first-order valence-electron chi connectivity index (χ1n) is 8.92. The van der Waals surface area contributed by atoms with E-state index in [0.717, 1.165) is 12.8 Å². The van der Waals surface area contributed by atoms with Crippen molar-refractivity contribution in [3.63, 3.8) is 0 Å². The molecule has 0 heterocycles. The van der Waals surface area contributed by atoms with Gasteiger partial charge in [-0.3, -0.25) is 4.79 Å². The van der Waals surface area contributed by atoms with Crippen LogP contribution in [-0.2, 0) is 10.0 Å². The topological polar surface area (TPSA) is 105 Å². The molecule has 1 aliphatic rings. The summed E-state index contributed by atoms with van der Waals surface area (Å²) in [6, 6.07) is 10.6.